The Morgan fingerprint density at radius 3 is 2.34 bits per heavy atom. The average molecular weight is 720 g/mol. The van der Waals surface area contributed by atoms with Crippen molar-refractivity contribution in [2.45, 2.75) is 63.9 Å². The van der Waals surface area contributed by atoms with Gasteiger partial charge in [0.2, 0.25) is 5.62 Å². The normalized spacial score (nSPS) is 14.9. The van der Waals surface area contributed by atoms with Crippen LogP contribution >= 0.6 is 15.9 Å². The third kappa shape index (κ3) is 7.50. The van der Waals surface area contributed by atoms with Crippen molar-refractivity contribution in [1.29, 1.82) is 0 Å². The molecule has 7 nitrogen and oxygen atoms in total. The van der Waals surface area contributed by atoms with Gasteiger partial charge in [-0.15, -0.1) is 4.99 Å². The topological polar surface area (TPSA) is 77.6 Å². The summed E-state index contributed by atoms with van der Waals surface area (Å²) in [4.78, 5) is 30.4. The van der Waals surface area contributed by atoms with Gasteiger partial charge in [0.1, 0.15) is 17.2 Å². The Hall–Kier alpha value is -4.26. The number of carbonyl (C=O) groups is 2. The van der Waals surface area contributed by atoms with Crippen LogP contribution < -0.4 is 10.9 Å². The number of rotatable bonds is 6. The summed E-state index contributed by atoms with van der Waals surface area (Å²) >= 11 is 3.44. The molecule has 0 unspecified atom stereocenters. The largest absolute Gasteiger partial charge is 0.442 e. The number of benzene rings is 3. The zero-order valence-electron chi connectivity index (χ0n) is 26.0. The molecule has 47 heavy (non-hydrogen) atoms. The lowest BCUT2D eigenvalue weighted by Gasteiger charge is -2.43. The molecule has 4 aromatic rings. The molecule has 1 aliphatic carbocycles. The molecule has 5 rings (SSSR count). The van der Waals surface area contributed by atoms with Gasteiger partial charge >= 0.3 is 12.3 Å². The molecule has 248 valence electrons. The second kappa shape index (κ2) is 12.7. The van der Waals surface area contributed by atoms with Crippen LogP contribution in [0.3, 0.4) is 0 Å². The van der Waals surface area contributed by atoms with E-state index in [0.29, 0.717) is 18.9 Å². The molecule has 1 heterocycles. The van der Waals surface area contributed by atoms with E-state index in [1.807, 2.05) is 24.3 Å². The van der Waals surface area contributed by atoms with Gasteiger partial charge in [-0.2, -0.15) is 13.2 Å². The lowest BCUT2D eigenvalue weighted by molar-refractivity contribution is -0.137. The first-order chi connectivity index (χ1) is 22.0. The molecule has 1 saturated carbocycles. The molecule has 0 atom stereocenters. The SMILES string of the molecule is Cn1ccn(Cc2cc(C(=O)NC3(c4cccc(Br)c4)CCC3)c(F)c(-c3ccc(F)cc3C(F)(F)F)c2)/c1=N\C(=O)OC(C)(C)C. The van der Waals surface area contributed by atoms with Gasteiger partial charge in [0.25, 0.3) is 5.91 Å². The number of aromatic nitrogens is 2. The van der Waals surface area contributed by atoms with Crippen molar-refractivity contribution in [3.05, 3.63) is 111 Å². The monoisotopic (exact) mass is 718 g/mol. The third-order valence-corrected chi connectivity index (χ3v) is 8.36. The highest BCUT2D eigenvalue weighted by Gasteiger charge is 2.41. The second-order valence-corrected chi connectivity index (χ2v) is 13.4. The number of halogens is 6. The first-order valence-corrected chi connectivity index (χ1v) is 15.5. The molecule has 0 radical (unpaired) electrons. The summed E-state index contributed by atoms with van der Waals surface area (Å²) < 4.78 is 81.8. The van der Waals surface area contributed by atoms with Crippen molar-refractivity contribution in [2.24, 2.45) is 12.0 Å². The molecule has 1 aromatic heterocycles. The predicted octanol–water partition coefficient (Wildman–Crippen LogP) is 8.25. The Morgan fingerprint density at radius 1 is 1.00 bits per heavy atom. The molecular weight excluding hydrogens is 687 g/mol. The molecule has 1 aliphatic rings. The van der Waals surface area contributed by atoms with E-state index in [9.17, 15) is 27.2 Å². The number of hydrogen-bond donors (Lipinski definition) is 1. The van der Waals surface area contributed by atoms with Crippen LogP contribution in [0.25, 0.3) is 11.1 Å². The molecule has 0 aliphatic heterocycles. The number of amides is 2. The molecule has 0 spiro atoms. The van der Waals surface area contributed by atoms with Gasteiger partial charge in [0.15, 0.2) is 0 Å². The van der Waals surface area contributed by atoms with Crippen molar-refractivity contribution in [3.8, 4) is 11.1 Å². The lowest BCUT2D eigenvalue weighted by Crippen LogP contribution is -2.51. The van der Waals surface area contributed by atoms with Crippen LogP contribution in [0.4, 0.5) is 26.7 Å². The van der Waals surface area contributed by atoms with E-state index in [1.54, 1.807) is 40.2 Å². The molecule has 3 aromatic carbocycles. The minimum Gasteiger partial charge on any atom is -0.442 e. The van der Waals surface area contributed by atoms with Crippen LogP contribution in [0.5, 0.6) is 0 Å². The Kier molecular flexibility index (Phi) is 9.24. The standard InChI is InChI=1S/C34H32BrF5N4O3/c1-32(2,3)47-31(46)41-30-43(4)13-14-44(30)19-20-15-25(24-10-9-23(36)18-27(24)34(38,39)40)28(37)26(16-20)29(45)42-33(11-6-12-33)21-7-5-8-22(35)17-21/h5,7-10,13-18H,6,11-12,19H2,1-4H3,(H,42,45)/b41-30-. The summed E-state index contributed by atoms with van der Waals surface area (Å²) in [5.74, 6) is -3.16. The zero-order chi connectivity index (χ0) is 34.3. The fourth-order valence-electron chi connectivity index (χ4n) is 5.56. The maximum Gasteiger partial charge on any atom is 0.437 e. The Balaban J connectivity index is 1.64. The molecule has 0 bridgehead atoms. The highest BCUT2D eigenvalue weighted by molar-refractivity contribution is 9.10. The molecule has 1 fully saturated rings. The van der Waals surface area contributed by atoms with E-state index in [4.69, 9.17) is 4.74 Å². The van der Waals surface area contributed by atoms with E-state index in [1.165, 1.54) is 21.3 Å². The van der Waals surface area contributed by atoms with Crippen molar-refractivity contribution < 1.29 is 36.3 Å². The maximum atomic E-state index is 16.4. The van der Waals surface area contributed by atoms with Crippen LogP contribution in [0.15, 0.2) is 76.5 Å². The predicted molar refractivity (Wildman–Crippen MR) is 168 cm³/mol. The quantitative estimate of drug-likeness (QED) is 0.204. The van der Waals surface area contributed by atoms with Gasteiger partial charge in [-0.25, -0.2) is 13.6 Å². The number of carbonyl (C=O) groups excluding carboxylic acids is 2. The molecule has 1 N–H and O–H groups in total. The van der Waals surface area contributed by atoms with E-state index >= 15 is 4.39 Å². The van der Waals surface area contributed by atoms with E-state index in [2.05, 4.69) is 26.2 Å². The molecule has 2 amide bonds. The number of alkyl halides is 3. The first-order valence-electron chi connectivity index (χ1n) is 14.7. The van der Waals surface area contributed by atoms with Crippen LogP contribution in [0.1, 0.15) is 67.1 Å². The summed E-state index contributed by atoms with van der Waals surface area (Å²) in [7, 11) is 1.63. The molecule has 0 saturated heterocycles. The smallest absolute Gasteiger partial charge is 0.437 e. The average Bonchev–Trinajstić information content (AvgIpc) is 3.28. The number of imidazole rings is 1. The number of hydrogen-bond acceptors (Lipinski definition) is 3. The highest BCUT2D eigenvalue weighted by Crippen LogP contribution is 2.43. The number of nitrogens with zero attached hydrogens (tertiary/aromatic N) is 3. The second-order valence-electron chi connectivity index (χ2n) is 12.5. The minimum absolute atomic E-state index is 0.116. The Morgan fingerprint density at radius 2 is 1.72 bits per heavy atom. The van der Waals surface area contributed by atoms with Crippen molar-refractivity contribution in [3.63, 3.8) is 0 Å². The molecular formula is C34H32BrF5N4O3. The van der Waals surface area contributed by atoms with E-state index in [0.717, 1.165) is 28.6 Å². The number of nitrogens with one attached hydrogen (secondary N) is 1. The van der Waals surface area contributed by atoms with Crippen molar-refractivity contribution in [2.75, 3.05) is 0 Å². The van der Waals surface area contributed by atoms with Gasteiger partial charge in [-0.3, -0.25) is 4.79 Å². The Labute approximate surface area is 276 Å². The number of aryl methyl sites for hydroxylation is 1. The summed E-state index contributed by atoms with van der Waals surface area (Å²) in [5, 5.41) is 2.94. The van der Waals surface area contributed by atoms with Crippen LogP contribution in [-0.4, -0.2) is 26.7 Å². The highest BCUT2D eigenvalue weighted by atomic mass is 79.9. The fourth-order valence-corrected chi connectivity index (χ4v) is 5.95. The van der Waals surface area contributed by atoms with Crippen molar-refractivity contribution in [1.82, 2.24) is 14.5 Å². The third-order valence-electron chi connectivity index (χ3n) is 7.87. The van der Waals surface area contributed by atoms with Crippen molar-refractivity contribution >= 4 is 27.9 Å². The van der Waals surface area contributed by atoms with Crippen LogP contribution in [0, 0.1) is 11.6 Å². The lowest BCUT2D eigenvalue weighted by atomic mass is 9.71. The van der Waals surface area contributed by atoms with Crippen LogP contribution in [-0.2, 0) is 30.0 Å². The van der Waals surface area contributed by atoms with Crippen LogP contribution in [0.2, 0.25) is 0 Å². The summed E-state index contributed by atoms with van der Waals surface area (Å²) in [6, 6.07) is 11.7. The van der Waals surface area contributed by atoms with E-state index in [-0.39, 0.29) is 17.7 Å². The first kappa shape index (κ1) is 34.1. The number of ether oxygens (including phenoxy) is 1. The summed E-state index contributed by atoms with van der Waals surface area (Å²) in [5.41, 5.74) is -3.50. The van der Waals surface area contributed by atoms with Gasteiger partial charge < -0.3 is 19.2 Å². The Bertz CT molecular complexity index is 1920. The fraction of sp³-hybridized carbons (Fsp3) is 0.324. The van der Waals surface area contributed by atoms with E-state index < -0.39 is 63.2 Å². The maximum absolute atomic E-state index is 16.4. The minimum atomic E-state index is -5.02. The van der Waals surface area contributed by atoms with Gasteiger partial charge in [-0.1, -0.05) is 34.1 Å². The summed E-state index contributed by atoms with van der Waals surface area (Å²) in [6.07, 6.45) is -0.758. The van der Waals surface area contributed by atoms with Gasteiger partial charge in [0.05, 0.1) is 23.2 Å². The zero-order valence-corrected chi connectivity index (χ0v) is 27.6. The van der Waals surface area contributed by atoms with Gasteiger partial charge in [0, 0.05) is 29.5 Å². The summed E-state index contributed by atoms with van der Waals surface area (Å²) in [6.45, 7) is 4.93. The van der Waals surface area contributed by atoms with Gasteiger partial charge in [-0.05, 0) is 93.1 Å². The molecule has 13 heteroatoms.